The highest BCUT2D eigenvalue weighted by atomic mass is 16.6. The molecule has 2 aromatic rings. The number of hydrogen-bond donors (Lipinski definition) is 2. The molecule has 3 N–H and O–H groups in total. The SMILES string of the molecule is COCCN(C(=O)COC(=O)COc1ccc(OC)cc1)c1c(N)n(CC(C)C)c(=O)[nH]c1=O. The fraction of sp³-hybridized carbons (Fsp3) is 0.455. The lowest BCUT2D eigenvalue weighted by Crippen LogP contribution is -2.44. The van der Waals surface area contributed by atoms with E-state index in [9.17, 15) is 19.2 Å². The van der Waals surface area contributed by atoms with Gasteiger partial charge in [0.2, 0.25) is 0 Å². The Hall–Kier alpha value is -3.80. The lowest BCUT2D eigenvalue weighted by atomic mass is 10.2. The van der Waals surface area contributed by atoms with Gasteiger partial charge in [-0.2, -0.15) is 0 Å². The lowest BCUT2D eigenvalue weighted by Gasteiger charge is -2.24. The molecule has 12 heteroatoms. The Balaban J connectivity index is 2.12. The van der Waals surface area contributed by atoms with Crippen LogP contribution in [0.2, 0.25) is 0 Å². The second kappa shape index (κ2) is 12.4. The summed E-state index contributed by atoms with van der Waals surface area (Å²) in [7, 11) is 2.95. The number of hydrogen-bond acceptors (Lipinski definition) is 9. The third-order valence-electron chi connectivity index (χ3n) is 4.62. The smallest absolute Gasteiger partial charge is 0.344 e. The lowest BCUT2D eigenvalue weighted by molar-refractivity contribution is -0.149. The van der Waals surface area contributed by atoms with Crippen molar-refractivity contribution >= 4 is 23.4 Å². The van der Waals surface area contributed by atoms with Gasteiger partial charge < -0.3 is 24.7 Å². The number of H-pyrrole nitrogens is 1. The maximum Gasteiger partial charge on any atom is 0.344 e. The molecule has 0 saturated carbocycles. The van der Waals surface area contributed by atoms with E-state index in [0.29, 0.717) is 11.5 Å². The van der Waals surface area contributed by atoms with Crippen molar-refractivity contribution in [1.82, 2.24) is 9.55 Å². The minimum Gasteiger partial charge on any atom is -0.497 e. The molecule has 0 aliphatic heterocycles. The number of carbonyl (C=O) groups excluding carboxylic acids is 2. The Morgan fingerprint density at radius 3 is 2.32 bits per heavy atom. The molecule has 0 spiro atoms. The van der Waals surface area contributed by atoms with Crippen LogP contribution in [0, 0.1) is 5.92 Å². The van der Waals surface area contributed by atoms with Crippen LogP contribution in [0.5, 0.6) is 11.5 Å². The molecule has 0 atom stereocenters. The number of methoxy groups -OCH3 is 2. The van der Waals surface area contributed by atoms with E-state index in [0.717, 1.165) is 4.90 Å². The first kappa shape index (κ1) is 26.5. The quantitative estimate of drug-likeness (QED) is 0.412. The largest absolute Gasteiger partial charge is 0.497 e. The zero-order valence-corrected chi connectivity index (χ0v) is 19.7. The summed E-state index contributed by atoms with van der Waals surface area (Å²) >= 11 is 0. The average molecular weight is 479 g/mol. The Morgan fingerprint density at radius 1 is 1.09 bits per heavy atom. The number of esters is 1. The number of carbonyl (C=O) groups is 2. The zero-order valence-electron chi connectivity index (χ0n) is 19.7. The van der Waals surface area contributed by atoms with Gasteiger partial charge in [0.1, 0.15) is 17.3 Å². The van der Waals surface area contributed by atoms with Gasteiger partial charge >= 0.3 is 11.7 Å². The predicted molar refractivity (Wildman–Crippen MR) is 124 cm³/mol. The summed E-state index contributed by atoms with van der Waals surface area (Å²) in [4.78, 5) is 52.9. The van der Waals surface area contributed by atoms with Gasteiger partial charge in [-0.15, -0.1) is 0 Å². The van der Waals surface area contributed by atoms with Gasteiger partial charge in [0.05, 0.1) is 13.7 Å². The standard InChI is InChI=1S/C22H30N4O8/c1-14(2)11-26-20(23)19(21(29)24-22(26)30)25(9-10-31-3)17(27)12-34-18(28)13-33-16-7-5-15(32-4)6-8-16/h5-8,14H,9-13,23H2,1-4H3,(H,24,29,30). The molecule has 1 aromatic carbocycles. The maximum absolute atomic E-state index is 12.9. The summed E-state index contributed by atoms with van der Waals surface area (Å²) < 4.78 is 21.6. The average Bonchev–Trinajstić information content (AvgIpc) is 2.81. The van der Waals surface area contributed by atoms with E-state index in [2.05, 4.69) is 4.98 Å². The molecule has 0 saturated heterocycles. The van der Waals surface area contributed by atoms with Crippen molar-refractivity contribution in [2.45, 2.75) is 20.4 Å². The normalized spacial score (nSPS) is 10.7. The van der Waals surface area contributed by atoms with Crippen molar-refractivity contribution in [1.29, 1.82) is 0 Å². The van der Waals surface area contributed by atoms with Crippen molar-refractivity contribution in [2.24, 2.45) is 5.92 Å². The van der Waals surface area contributed by atoms with Crippen molar-refractivity contribution in [3.05, 3.63) is 45.1 Å². The topological polar surface area (TPSA) is 155 Å². The molecule has 0 fully saturated rings. The van der Waals surface area contributed by atoms with Crippen molar-refractivity contribution in [3.8, 4) is 11.5 Å². The highest BCUT2D eigenvalue weighted by Crippen LogP contribution is 2.19. The number of nitrogens with zero attached hydrogens (tertiary/aromatic N) is 2. The molecule has 0 unspecified atom stereocenters. The van der Waals surface area contributed by atoms with Crippen LogP contribution in [-0.2, 0) is 25.6 Å². The number of ether oxygens (including phenoxy) is 4. The van der Waals surface area contributed by atoms with Crippen molar-refractivity contribution in [3.63, 3.8) is 0 Å². The molecule has 0 radical (unpaired) electrons. The molecule has 186 valence electrons. The number of nitrogen functional groups attached to an aromatic ring is 1. The number of aromatic amines is 1. The van der Waals surface area contributed by atoms with E-state index in [1.165, 1.54) is 18.8 Å². The molecule has 0 aliphatic rings. The van der Waals surface area contributed by atoms with Gasteiger partial charge in [-0.05, 0) is 30.2 Å². The van der Waals surface area contributed by atoms with Crippen LogP contribution in [0.25, 0.3) is 0 Å². The minimum absolute atomic E-state index is 0.0496. The molecule has 2 rings (SSSR count). The van der Waals surface area contributed by atoms with Crippen LogP contribution in [-0.4, -0.2) is 62.0 Å². The summed E-state index contributed by atoms with van der Waals surface area (Å²) in [5.74, 6) is -0.581. The van der Waals surface area contributed by atoms with Crippen LogP contribution >= 0.6 is 0 Å². The molecule has 0 bridgehead atoms. The van der Waals surface area contributed by atoms with Crippen LogP contribution in [0.15, 0.2) is 33.9 Å². The zero-order chi connectivity index (χ0) is 25.3. The van der Waals surface area contributed by atoms with Crippen LogP contribution < -0.4 is 31.4 Å². The first-order chi connectivity index (χ1) is 16.2. The van der Waals surface area contributed by atoms with Gasteiger partial charge in [-0.3, -0.25) is 24.0 Å². The van der Waals surface area contributed by atoms with E-state index >= 15 is 0 Å². The van der Waals surface area contributed by atoms with Gasteiger partial charge in [-0.25, -0.2) is 9.59 Å². The summed E-state index contributed by atoms with van der Waals surface area (Å²) in [6.45, 7) is 2.90. The monoisotopic (exact) mass is 478 g/mol. The first-order valence-corrected chi connectivity index (χ1v) is 10.5. The number of rotatable bonds is 12. The molecule has 1 heterocycles. The molecule has 0 aliphatic carbocycles. The number of nitrogens with one attached hydrogen (secondary N) is 1. The fourth-order valence-electron chi connectivity index (χ4n) is 3.00. The third kappa shape index (κ3) is 7.10. The Bertz CT molecular complexity index is 1090. The van der Waals surface area contributed by atoms with Crippen LogP contribution in [0.4, 0.5) is 11.5 Å². The number of aromatic nitrogens is 2. The van der Waals surface area contributed by atoms with E-state index in [1.54, 1.807) is 24.3 Å². The van der Waals surface area contributed by atoms with Gasteiger partial charge in [-0.1, -0.05) is 13.8 Å². The Morgan fingerprint density at radius 2 is 1.74 bits per heavy atom. The highest BCUT2D eigenvalue weighted by molar-refractivity contribution is 5.97. The van der Waals surface area contributed by atoms with Crippen molar-refractivity contribution in [2.75, 3.05) is 51.2 Å². The molecule has 34 heavy (non-hydrogen) atoms. The Kier molecular flexibility index (Phi) is 9.68. The minimum atomic E-state index is -0.832. The maximum atomic E-state index is 12.9. The summed E-state index contributed by atoms with van der Waals surface area (Å²) in [6, 6.07) is 6.56. The van der Waals surface area contributed by atoms with E-state index in [4.69, 9.17) is 24.7 Å². The van der Waals surface area contributed by atoms with Gasteiger partial charge in [0.25, 0.3) is 11.5 Å². The molecular weight excluding hydrogens is 448 g/mol. The van der Waals surface area contributed by atoms with E-state index in [1.807, 2.05) is 13.8 Å². The summed E-state index contributed by atoms with van der Waals surface area (Å²) in [6.07, 6.45) is 0. The first-order valence-electron chi connectivity index (χ1n) is 10.5. The molecular formula is C22H30N4O8. The van der Waals surface area contributed by atoms with Crippen molar-refractivity contribution < 1.29 is 28.5 Å². The van der Waals surface area contributed by atoms with Gasteiger partial charge in [0, 0.05) is 20.2 Å². The molecule has 12 nitrogen and oxygen atoms in total. The second-order valence-electron chi connectivity index (χ2n) is 7.66. The Labute approximate surface area is 196 Å². The van der Waals surface area contributed by atoms with E-state index < -0.39 is 36.3 Å². The number of anilines is 2. The third-order valence-corrected chi connectivity index (χ3v) is 4.62. The molecule has 1 amide bonds. The van der Waals surface area contributed by atoms with Gasteiger partial charge in [0.15, 0.2) is 18.9 Å². The van der Waals surface area contributed by atoms with Crippen LogP contribution in [0.1, 0.15) is 13.8 Å². The fourth-order valence-corrected chi connectivity index (χ4v) is 3.00. The summed E-state index contributed by atoms with van der Waals surface area (Å²) in [5.41, 5.74) is 4.38. The molecule has 1 aromatic heterocycles. The van der Waals surface area contributed by atoms with Crippen LogP contribution in [0.3, 0.4) is 0 Å². The predicted octanol–water partition coefficient (Wildman–Crippen LogP) is 0.385. The summed E-state index contributed by atoms with van der Waals surface area (Å²) in [5, 5.41) is 0. The second-order valence-corrected chi connectivity index (χ2v) is 7.66. The number of nitrogens with two attached hydrogens (primary N) is 1. The van der Waals surface area contributed by atoms with E-state index in [-0.39, 0.29) is 37.1 Å². The highest BCUT2D eigenvalue weighted by Gasteiger charge is 2.25. The number of benzene rings is 1. The number of amides is 1.